The number of oxazole rings is 1. The maximum absolute atomic E-state index is 10.8. The molecule has 6 nitrogen and oxygen atoms in total. The van der Waals surface area contributed by atoms with Crippen molar-refractivity contribution in [1.82, 2.24) is 9.88 Å². The second-order valence-corrected chi connectivity index (χ2v) is 5.88. The second kappa shape index (κ2) is 6.83. The van der Waals surface area contributed by atoms with Gasteiger partial charge in [0, 0.05) is 25.2 Å². The quantitative estimate of drug-likeness (QED) is 0.883. The Morgan fingerprint density at radius 3 is 2.65 bits per heavy atom. The van der Waals surface area contributed by atoms with Crippen molar-refractivity contribution in [1.29, 1.82) is 0 Å². The number of benzene rings is 1. The predicted molar refractivity (Wildman–Crippen MR) is 86.5 cm³/mol. The molecule has 2 aromatic rings. The fraction of sp³-hybridized carbons (Fsp3) is 0.412. The van der Waals surface area contributed by atoms with E-state index in [0.29, 0.717) is 6.04 Å². The van der Waals surface area contributed by atoms with Crippen LogP contribution in [0.3, 0.4) is 0 Å². The number of carboxylic acids is 1. The van der Waals surface area contributed by atoms with E-state index in [2.05, 4.69) is 46.4 Å². The average molecular weight is 315 g/mol. The van der Waals surface area contributed by atoms with E-state index in [1.165, 1.54) is 5.56 Å². The van der Waals surface area contributed by atoms with E-state index in [1.807, 2.05) is 6.07 Å². The molecule has 23 heavy (non-hydrogen) atoms. The normalized spacial score (nSPS) is 17.8. The van der Waals surface area contributed by atoms with Crippen molar-refractivity contribution in [2.45, 2.75) is 31.8 Å². The summed E-state index contributed by atoms with van der Waals surface area (Å²) >= 11 is 0. The Kier molecular flexibility index (Phi) is 4.62. The van der Waals surface area contributed by atoms with Crippen molar-refractivity contribution in [2.24, 2.45) is 0 Å². The summed E-state index contributed by atoms with van der Waals surface area (Å²) in [5.41, 5.74) is 1.26. The third-order valence-electron chi connectivity index (χ3n) is 4.41. The Morgan fingerprint density at radius 2 is 2.04 bits per heavy atom. The Bertz CT molecular complexity index is 648. The van der Waals surface area contributed by atoms with Crippen LogP contribution in [0, 0.1) is 0 Å². The van der Waals surface area contributed by atoms with Crippen LogP contribution in [0.5, 0.6) is 0 Å². The van der Waals surface area contributed by atoms with E-state index in [4.69, 9.17) is 9.52 Å². The van der Waals surface area contributed by atoms with Crippen LogP contribution < -0.4 is 5.32 Å². The minimum atomic E-state index is -1.08. The van der Waals surface area contributed by atoms with Crippen molar-refractivity contribution in [3.05, 3.63) is 47.9 Å². The van der Waals surface area contributed by atoms with Crippen LogP contribution in [0.25, 0.3) is 0 Å². The molecule has 6 heteroatoms. The zero-order valence-corrected chi connectivity index (χ0v) is 13.1. The largest absolute Gasteiger partial charge is 0.476 e. The van der Waals surface area contributed by atoms with Gasteiger partial charge in [-0.2, -0.15) is 4.98 Å². The molecular formula is C17H21N3O3. The van der Waals surface area contributed by atoms with Gasteiger partial charge in [-0.1, -0.05) is 30.3 Å². The summed E-state index contributed by atoms with van der Waals surface area (Å²) in [4.78, 5) is 17.2. The van der Waals surface area contributed by atoms with Gasteiger partial charge in [-0.15, -0.1) is 0 Å². The number of carbonyl (C=O) groups is 1. The molecule has 0 amide bonds. The number of hydrogen-bond donors (Lipinski definition) is 2. The lowest BCUT2D eigenvalue weighted by Crippen LogP contribution is -2.40. The smallest absolute Gasteiger partial charge is 0.357 e. The highest BCUT2D eigenvalue weighted by atomic mass is 16.4. The van der Waals surface area contributed by atoms with Crippen molar-refractivity contribution in [3.63, 3.8) is 0 Å². The Labute approximate surface area is 135 Å². The molecule has 0 saturated carbocycles. The molecule has 1 atom stereocenters. The highest BCUT2D eigenvalue weighted by molar-refractivity contribution is 5.85. The van der Waals surface area contributed by atoms with Gasteiger partial charge in [-0.05, 0) is 25.3 Å². The van der Waals surface area contributed by atoms with E-state index in [-0.39, 0.29) is 17.8 Å². The fourth-order valence-electron chi connectivity index (χ4n) is 2.99. The topological polar surface area (TPSA) is 78.6 Å². The molecule has 2 N–H and O–H groups in total. The number of aromatic nitrogens is 1. The molecule has 122 valence electrons. The maximum Gasteiger partial charge on any atom is 0.357 e. The average Bonchev–Trinajstić information content (AvgIpc) is 3.04. The van der Waals surface area contributed by atoms with Crippen LogP contribution in [0.2, 0.25) is 0 Å². The summed E-state index contributed by atoms with van der Waals surface area (Å²) < 4.78 is 5.16. The standard InChI is InChI=1S/C17H21N3O3/c1-12(13-5-3-2-4-6-13)20-9-7-14(8-10-20)18-17-19-15(11-23-17)16(21)22/h2-6,11-12,14H,7-10H2,1H3,(H,18,19)(H,21,22). The highest BCUT2D eigenvalue weighted by Gasteiger charge is 2.24. The predicted octanol–water partition coefficient (Wildman–Crippen LogP) is 3.01. The van der Waals surface area contributed by atoms with Crippen LogP contribution in [0.15, 0.2) is 41.0 Å². The van der Waals surface area contributed by atoms with E-state index < -0.39 is 5.97 Å². The first kappa shape index (κ1) is 15.6. The van der Waals surface area contributed by atoms with Crippen molar-refractivity contribution < 1.29 is 14.3 Å². The molecule has 1 aliphatic heterocycles. The molecule has 1 aromatic heterocycles. The first-order valence-electron chi connectivity index (χ1n) is 7.88. The van der Waals surface area contributed by atoms with Gasteiger partial charge in [-0.3, -0.25) is 4.90 Å². The van der Waals surface area contributed by atoms with Crippen LogP contribution in [-0.2, 0) is 0 Å². The minimum Gasteiger partial charge on any atom is -0.476 e. The Morgan fingerprint density at radius 1 is 1.35 bits per heavy atom. The van der Waals surface area contributed by atoms with Crippen LogP contribution in [0.1, 0.15) is 41.9 Å². The first-order valence-corrected chi connectivity index (χ1v) is 7.88. The monoisotopic (exact) mass is 315 g/mol. The zero-order chi connectivity index (χ0) is 16.2. The highest BCUT2D eigenvalue weighted by Crippen LogP contribution is 2.25. The number of nitrogens with one attached hydrogen (secondary N) is 1. The number of nitrogens with zero attached hydrogens (tertiary/aromatic N) is 2. The molecule has 1 saturated heterocycles. The Balaban J connectivity index is 1.53. The number of hydrogen-bond acceptors (Lipinski definition) is 5. The van der Waals surface area contributed by atoms with Crippen LogP contribution in [0.4, 0.5) is 6.01 Å². The molecule has 2 heterocycles. The van der Waals surface area contributed by atoms with Crippen LogP contribution in [-0.4, -0.2) is 40.1 Å². The molecule has 3 rings (SSSR count). The van der Waals surface area contributed by atoms with Crippen LogP contribution >= 0.6 is 0 Å². The molecule has 1 aromatic carbocycles. The summed E-state index contributed by atoms with van der Waals surface area (Å²) in [5, 5.41) is 12.0. The molecule has 1 unspecified atom stereocenters. The summed E-state index contributed by atoms with van der Waals surface area (Å²) in [6.07, 6.45) is 3.11. The molecule has 0 spiro atoms. The lowest BCUT2D eigenvalue weighted by Gasteiger charge is -2.36. The van der Waals surface area contributed by atoms with Crippen molar-refractivity contribution >= 4 is 12.0 Å². The summed E-state index contributed by atoms with van der Waals surface area (Å²) in [7, 11) is 0. The lowest BCUT2D eigenvalue weighted by molar-refractivity contribution is 0.0690. The number of piperidine rings is 1. The molecule has 1 fully saturated rings. The zero-order valence-electron chi connectivity index (χ0n) is 13.1. The second-order valence-electron chi connectivity index (χ2n) is 5.88. The van der Waals surface area contributed by atoms with Gasteiger partial charge in [0.05, 0.1) is 0 Å². The van der Waals surface area contributed by atoms with Crippen molar-refractivity contribution in [2.75, 3.05) is 18.4 Å². The number of rotatable bonds is 5. The van der Waals surface area contributed by atoms with E-state index >= 15 is 0 Å². The van der Waals surface area contributed by atoms with Gasteiger partial charge in [-0.25, -0.2) is 4.79 Å². The summed E-state index contributed by atoms with van der Waals surface area (Å²) in [6.45, 7) is 4.21. The van der Waals surface area contributed by atoms with E-state index in [0.717, 1.165) is 32.2 Å². The number of carboxylic acid groups (broad SMARTS) is 1. The lowest BCUT2D eigenvalue weighted by atomic mass is 10.0. The number of aromatic carboxylic acids is 1. The SMILES string of the molecule is CC(c1ccccc1)N1CCC(Nc2nc(C(=O)O)co2)CC1. The first-order chi connectivity index (χ1) is 11.1. The maximum atomic E-state index is 10.8. The van der Waals surface area contributed by atoms with Gasteiger partial charge >= 0.3 is 5.97 Å². The van der Waals surface area contributed by atoms with Gasteiger partial charge in [0.15, 0.2) is 5.69 Å². The van der Waals surface area contributed by atoms with Gasteiger partial charge < -0.3 is 14.8 Å². The van der Waals surface area contributed by atoms with Gasteiger partial charge in [0.25, 0.3) is 6.01 Å². The molecule has 0 aliphatic carbocycles. The minimum absolute atomic E-state index is 0.0670. The molecule has 0 bridgehead atoms. The molecular weight excluding hydrogens is 294 g/mol. The van der Waals surface area contributed by atoms with Gasteiger partial charge in [0.1, 0.15) is 6.26 Å². The Hall–Kier alpha value is -2.34. The molecule has 1 aliphatic rings. The van der Waals surface area contributed by atoms with Gasteiger partial charge in [0.2, 0.25) is 0 Å². The summed E-state index contributed by atoms with van der Waals surface area (Å²) in [5.74, 6) is -1.08. The fourth-order valence-corrected chi connectivity index (χ4v) is 2.99. The molecule has 0 radical (unpaired) electrons. The van der Waals surface area contributed by atoms with E-state index in [1.54, 1.807) is 0 Å². The third-order valence-corrected chi connectivity index (χ3v) is 4.41. The van der Waals surface area contributed by atoms with E-state index in [9.17, 15) is 4.79 Å². The number of anilines is 1. The third kappa shape index (κ3) is 3.71. The number of likely N-dealkylation sites (tertiary alicyclic amines) is 1. The summed E-state index contributed by atoms with van der Waals surface area (Å²) in [6, 6.07) is 11.5. The van der Waals surface area contributed by atoms with Crippen molar-refractivity contribution in [3.8, 4) is 0 Å².